The second-order valence-electron chi connectivity index (χ2n) is 15.5. The van der Waals surface area contributed by atoms with Crippen molar-refractivity contribution in [2.45, 2.75) is 75.5 Å². The summed E-state index contributed by atoms with van der Waals surface area (Å²) in [5, 5.41) is 30.9. The first kappa shape index (κ1) is 37.4. The average molecular weight is 775 g/mol. The van der Waals surface area contributed by atoms with Crippen molar-refractivity contribution in [2.24, 2.45) is 5.92 Å². The van der Waals surface area contributed by atoms with Crippen LogP contribution < -0.4 is 9.80 Å². The van der Waals surface area contributed by atoms with Crippen molar-refractivity contribution in [2.75, 3.05) is 16.4 Å². The quantitative estimate of drug-likeness (QED) is 0.0636. The third kappa shape index (κ3) is 6.40. The smallest absolute Gasteiger partial charge is 0.269 e. The van der Waals surface area contributed by atoms with Crippen molar-refractivity contribution in [3.8, 4) is 0 Å². The highest BCUT2D eigenvalue weighted by Gasteiger charge is 2.67. The topological polar surface area (TPSA) is 144 Å². The van der Waals surface area contributed by atoms with Gasteiger partial charge in [-0.25, -0.2) is 0 Å². The van der Waals surface area contributed by atoms with Gasteiger partial charge in [-0.2, -0.15) is 0 Å². The van der Waals surface area contributed by atoms with Crippen molar-refractivity contribution in [3.05, 3.63) is 141 Å². The number of carbonyl (C=O) groups excluding carboxylic acids is 2. The fraction of sp³-hybridized carbons (Fsp3) is 0.333. The van der Waals surface area contributed by atoms with Crippen molar-refractivity contribution >= 4 is 43.0 Å². The summed E-state index contributed by atoms with van der Waals surface area (Å²) in [5.41, 5.74) is 3.31. The van der Waals surface area contributed by atoms with E-state index >= 15 is 4.11 Å². The van der Waals surface area contributed by atoms with Crippen LogP contribution in [0.5, 0.6) is 0 Å². The summed E-state index contributed by atoms with van der Waals surface area (Å²) >= 11 is 0. The van der Waals surface area contributed by atoms with E-state index < -0.39 is 42.4 Å². The van der Waals surface area contributed by atoms with Crippen LogP contribution in [0.4, 0.5) is 26.9 Å². The minimum Gasteiger partial charge on any atom is -0.395 e. The molecule has 0 bridgehead atoms. The summed E-state index contributed by atoms with van der Waals surface area (Å²) < 4.78 is 25.0. The molecule has 1 fully saturated rings. The number of nitrogens with zero attached hydrogens (tertiary/aromatic N) is 6. The normalized spacial score (nSPS) is 22.4. The number of aromatic nitrogens is 3. The zero-order chi connectivity index (χ0) is 39.4. The Morgan fingerprint density at radius 2 is 1.73 bits per heavy atom. The van der Waals surface area contributed by atoms with Crippen molar-refractivity contribution < 1.29 is 28.5 Å². The lowest BCUT2D eigenvalue weighted by Gasteiger charge is -2.31. The van der Waals surface area contributed by atoms with Crippen LogP contribution in [0.3, 0.4) is 0 Å². The van der Waals surface area contributed by atoms with E-state index in [2.05, 4.69) is 10.3 Å². The molecule has 1 saturated heterocycles. The molecule has 4 aromatic carbocycles. The van der Waals surface area contributed by atoms with Crippen LogP contribution in [-0.2, 0) is 39.4 Å². The average Bonchev–Trinajstić information content (AvgIpc) is 3.85. The number of rotatable bonds is 11. The SMILES string of the molecule is C[C@H]1[C@H]([Si](C)(C)F)[C@@H](CCn2cc(C(CO)c3ccccc3)nn2)O[C@]12C(=O)N(Cc1ccc(N3C(=O)CCc4ccccc43)cc1)c1ccc([N+](=O)[O-])cc12. The molecule has 0 aliphatic carbocycles. The molecule has 8 rings (SSSR count). The number of ether oxygens (including phenoxy) is 1. The van der Waals surface area contributed by atoms with Gasteiger partial charge >= 0.3 is 0 Å². The van der Waals surface area contributed by atoms with Crippen LogP contribution in [0.25, 0.3) is 0 Å². The molecule has 3 aliphatic heterocycles. The number of nitro benzene ring substituents is 1. The molecule has 56 heavy (non-hydrogen) atoms. The lowest BCUT2D eigenvalue weighted by Crippen LogP contribution is -2.45. The van der Waals surface area contributed by atoms with Gasteiger partial charge in [-0.3, -0.25) is 29.3 Å². The van der Waals surface area contributed by atoms with E-state index in [0.717, 1.165) is 22.4 Å². The van der Waals surface area contributed by atoms with Gasteiger partial charge in [0.2, 0.25) is 14.3 Å². The van der Waals surface area contributed by atoms with E-state index in [1.54, 1.807) is 39.8 Å². The summed E-state index contributed by atoms with van der Waals surface area (Å²) in [4.78, 5) is 42.9. The number of aliphatic hydroxyl groups is 1. The first-order chi connectivity index (χ1) is 26.9. The first-order valence-corrected chi connectivity index (χ1v) is 21.9. The van der Waals surface area contributed by atoms with E-state index in [1.165, 1.54) is 12.1 Å². The molecule has 12 nitrogen and oxygen atoms in total. The molecule has 4 heterocycles. The molecule has 1 aromatic heterocycles. The lowest BCUT2D eigenvalue weighted by molar-refractivity contribution is -0.385. The Kier molecular flexibility index (Phi) is 9.67. The van der Waals surface area contributed by atoms with Crippen molar-refractivity contribution in [1.29, 1.82) is 0 Å². The number of aliphatic hydroxyl groups excluding tert-OH is 1. The summed E-state index contributed by atoms with van der Waals surface area (Å²) in [6.07, 6.45) is 2.47. The van der Waals surface area contributed by atoms with E-state index in [1.807, 2.05) is 85.8 Å². The zero-order valence-corrected chi connectivity index (χ0v) is 32.4. The number of non-ortho nitro benzene ring substituents is 1. The Morgan fingerprint density at radius 1 is 1.00 bits per heavy atom. The molecule has 1 spiro atoms. The molecule has 14 heteroatoms. The summed E-state index contributed by atoms with van der Waals surface area (Å²) in [7, 11) is -3.52. The molecule has 1 N–H and O–H groups in total. The van der Waals surface area contributed by atoms with E-state index in [-0.39, 0.29) is 30.7 Å². The third-order valence-electron chi connectivity index (χ3n) is 11.7. The predicted molar refractivity (Wildman–Crippen MR) is 211 cm³/mol. The highest BCUT2D eigenvalue weighted by molar-refractivity contribution is 6.72. The van der Waals surface area contributed by atoms with Gasteiger partial charge in [-0.15, -0.1) is 5.10 Å². The van der Waals surface area contributed by atoms with Gasteiger partial charge in [0.15, 0.2) is 5.60 Å². The molecule has 1 unspecified atom stereocenters. The molecular formula is C42H43FN6O6Si. The standard InChI is InChI=1S/C42H43FN6O6Si/c1-27-40(56(2,3)43)38(21-22-46-25-35(44-45-46)33(26-50)29-9-5-4-6-10-29)55-42(27)34-23-32(49(53)54)18-19-37(34)47(41(42)52)24-28-13-16-31(17-14-28)48-36-12-8-7-11-30(36)15-20-39(48)51/h4-14,16-19,23,25,27,33,38,40,50H,15,20-22,24,26H2,1-3H3/t27-,33?,38+,40-,42+/m0/s1. The first-order valence-electron chi connectivity index (χ1n) is 18.9. The number of hydrogen-bond acceptors (Lipinski definition) is 8. The summed E-state index contributed by atoms with van der Waals surface area (Å²) in [6.45, 7) is 5.34. The van der Waals surface area contributed by atoms with Gasteiger partial charge in [0.25, 0.3) is 11.6 Å². The second kappa shape index (κ2) is 14.5. The predicted octanol–water partition coefficient (Wildman–Crippen LogP) is 7.33. The Labute approximate surface area is 324 Å². The fourth-order valence-corrected chi connectivity index (χ4v) is 11.7. The molecule has 0 radical (unpaired) electrons. The Morgan fingerprint density at radius 3 is 2.45 bits per heavy atom. The number of carbonyl (C=O) groups is 2. The second-order valence-corrected chi connectivity index (χ2v) is 19.3. The number of anilines is 3. The highest BCUT2D eigenvalue weighted by Crippen LogP contribution is 2.60. The maximum Gasteiger partial charge on any atom is 0.269 e. The fourth-order valence-electron chi connectivity index (χ4n) is 9.12. The molecule has 5 aromatic rings. The minimum absolute atomic E-state index is 0.00486. The van der Waals surface area contributed by atoms with Crippen molar-refractivity contribution in [3.63, 3.8) is 0 Å². The molecule has 288 valence electrons. The maximum absolute atomic E-state index is 16.5. The highest BCUT2D eigenvalue weighted by atomic mass is 28.4. The van der Waals surface area contributed by atoms with Crippen LogP contribution in [0, 0.1) is 16.0 Å². The summed E-state index contributed by atoms with van der Waals surface area (Å²) in [6, 6.07) is 29.2. The van der Waals surface area contributed by atoms with Gasteiger partial charge in [0.1, 0.15) is 0 Å². The number of amides is 2. The number of fused-ring (bicyclic) bond motifs is 3. The molecule has 0 saturated carbocycles. The van der Waals surface area contributed by atoms with Crippen LogP contribution in [0.2, 0.25) is 18.6 Å². The van der Waals surface area contributed by atoms with Gasteiger partial charge in [-0.1, -0.05) is 72.8 Å². The van der Waals surface area contributed by atoms with Crippen LogP contribution in [0.1, 0.15) is 53.6 Å². The van der Waals surface area contributed by atoms with Gasteiger partial charge in [0, 0.05) is 54.0 Å². The number of aryl methyl sites for hydroxylation is 2. The van der Waals surface area contributed by atoms with Crippen LogP contribution in [0.15, 0.2) is 103 Å². The number of hydrogen-bond donors (Lipinski definition) is 1. The number of para-hydroxylation sites is 1. The van der Waals surface area contributed by atoms with Crippen LogP contribution >= 0.6 is 0 Å². The number of benzene rings is 4. The largest absolute Gasteiger partial charge is 0.395 e. The van der Waals surface area contributed by atoms with E-state index in [4.69, 9.17) is 4.74 Å². The van der Waals surface area contributed by atoms with Gasteiger partial charge < -0.3 is 18.9 Å². The molecule has 5 atom stereocenters. The third-order valence-corrected chi connectivity index (χ3v) is 14.2. The Bertz CT molecular complexity index is 2300. The van der Waals surface area contributed by atoms with E-state index in [0.29, 0.717) is 48.4 Å². The molecular weight excluding hydrogens is 732 g/mol. The zero-order valence-electron chi connectivity index (χ0n) is 31.4. The van der Waals surface area contributed by atoms with Crippen LogP contribution in [-0.4, -0.2) is 58.0 Å². The molecule has 2 amide bonds. The summed E-state index contributed by atoms with van der Waals surface area (Å²) in [5.74, 6) is -1.40. The van der Waals surface area contributed by atoms with Gasteiger partial charge in [0.05, 0.1) is 47.2 Å². The van der Waals surface area contributed by atoms with E-state index in [9.17, 15) is 24.8 Å². The Hall–Kier alpha value is -5.57. The monoisotopic (exact) mass is 774 g/mol. The Balaban J connectivity index is 1.09. The number of nitro groups is 1. The van der Waals surface area contributed by atoms with Gasteiger partial charge in [-0.05, 0) is 66.9 Å². The minimum atomic E-state index is -3.52. The molecule has 3 aliphatic rings. The lowest BCUT2D eigenvalue weighted by atomic mass is 9.82. The van der Waals surface area contributed by atoms with Crippen molar-refractivity contribution in [1.82, 2.24) is 15.0 Å². The maximum atomic E-state index is 16.5. The number of halogens is 1.